The first kappa shape index (κ1) is 16.2. The zero-order valence-electron chi connectivity index (χ0n) is 14.2. The Bertz CT molecular complexity index is 1220. The van der Waals surface area contributed by atoms with Crippen molar-refractivity contribution in [2.75, 3.05) is 5.32 Å². The Hall–Kier alpha value is -3.02. The van der Waals surface area contributed by atoms with Crippen molar-refractivity contribution >= 4 is 54.6 Å². The number of rotatable bonds is 3. The average molecular weight is 387 g/mol. The standard InChI is InChI=1S/C22H14N2OS2/c25-21(20-13-14-7-1-5-11-18(14)26-20)23-16-9-3-2-8-15(16)22-24-17-10-4-6-12-19(17)27-22/h1-13H,(H,23,25). The largest absolute Gasteiger partial charge is 0.321 e. The molecule has 2 aromatic heterocycles. The zero-order valence-corrected chi connectivity index (χ0v) is 15.8. The molecule has 3 nitrogen and oxygen atoms in total. The second-order valence-corrected chi connectivity index (χ2v) is 8.25. The number of carbonyl (C=O) groups excluding carboxylic acids is 1. The van der Waals surface area contributed by atoms with Crippen molar-refractivity contribution in [2.45, 2.75) is 0 Å². The van der Waals surface area contributed by atoms with Crippen LogP contribution >= 0.6 is 22.7 Å². The summed E-state index contributed by atoms with van der Waals surface area (Å²) in [5.74, 6) is -0.0928. The summed E-state index contributed by atoms with van der Waals surface area (Å²) >= 11 is 3.14. The average Bonchev–Trinajstić information content (AvgIpc) is 3.32. The van der Waals surface area contributed by atoms with Crippen LogP contribution in [0.1, 0.15) is 9.67 Å². The SMILES string of the molecule is O=C(Nc1ccccc1-c1nc2ccccc2s1)c1cc2ccccc2s1. The first-order valence-corrected chi connectivity index (χ1v) is 10.2. The lowest BCUT2D eigenvalue weighted by Gasteiger charge is -2.08. The van der Waals surface area contributed by atoms with Gasteiger partial charge in [-0.1, -0.05) is 42.5 Å². The molecule has 0 saturated heterocycles. The molecular formula is C22H14N2OS2. The van der Waals surface area contributed by atoms with Crippen LogP contribution in [0.25, 0.3) is 30.9 Å². The third-order valence-corrected chi connectivity index (χ3v) is 6.53. The van der Waals surface area contributed by atoms with Crippen molar-refractivity contribution in [1.29, 1.82) is 0 Å². The summed E-state index contributed by atoms with van der Waals surface area (Å²) in [5.41, 5.74) is 2.69. The molecule has 3 aromatic carbocycles. The fraction of sp³-hybridized carbons (Fsp3) is 0. The van der Waals surface area contributed by atoms with E-state index in [4.69, 9.17) is 4.98 Å². The first-order chi connectivity index (χ1) is 13.3. The molecule has 0 aliphatic carbocycles. The van der Waals surface area contributed by atoms with Gasteiger partial charge in [-0.2, -0.15) is 0 Å². The lowest BCUT2D eigenvalue weighted by molar-refractivity contribution is 0.103. The summed E-state index contributed by atoms with van der Waals surface area (Å²) < 4.78 is 2.25. The van der Waals surface area contributed by atoms with Crippen LogP contribution in [0.4, 0.5) is 5.69 Å². The third kappa shape index (κ3) is 3.01. The third-order valence-electron chi connectivity index (χ3n) is 4.35. The van der Waals surface area contributed by atoms with Gasteiger partial charge in [0.15, 0.2) is 0 Å². The summed E-state index contributed by atoms with van der Waals surface area (Å²) in [6.45, 7) is 0. The van der Waals surface area contributed by atoms with Gasteiger partial charge in [0, 0.05) is 10.3 Å². The number of nitrogens with zero attached hydrogens (tertiary/aromatic N) is 1. The van der Waals surface area contributed by atoms with E-state index in [0.29, 0.717) is 4.88 Å². The van der Waals surface area contributed by atoms with Crippen molar-refractivity contribution in [1.82, 2.24) is 4.98 Å². The summed E-state index contributed by atoms with van der Waals surface area (Å²) in [6, 6.07) is 25.9. The van der Waals surface area contributed by atoms with Crippen LogP contribution in [-0.2, 0) is 0 Å². The smallest absolute Gasteiger partial charge is 0.265 e. The number of carbonyl (C=O) groups is 1. The molecule has 0 atom stereocenters. The number of thiophene rings is 1. The molecule has 1 amide bonds. The zero-order chi connectivity index (χ0) is 18.2. The van der Waals surface area contributed by atoms with Crippen molar-refractivity contribution in [3.05, 3.63) is 83.7 Å². The summed E-state index contributed by atoms with van der Waals surface area (Å²) in [5, 5.41) is 5.06. The van der Waals surface area contributed by atoms with Crippen molar-refractivity contribution in [3.8, 4) is 10.6 Å². The predicted octanol–water partition coefficient (Wildman–Crippen LogP) is 6.43. The van der Waals surface area contributed by atoms with E-state index in [1.807, 2.05) is 72.8 Å². The van der Waals surface area contributed by atoms with Gasteiger partial charge >= 0.3 is 0 Å². The number of hydrogen-bond donors (Lipinski definition) is 1. The minimum Gasteiger partial charge on any atom is -0.321 e. The molecule has 1 N–H and O–H groups in total. The van der Waals surface area contributed by atoms with Gasteiger partial charge in [-0.3, -0.25) is 4.79 Å². The minimum absolute atomic E-state index is 0.0928. The topological polar surface area (TPSA) is 42.0 Å². The van der Waals surface area contributed by atoms with Crippen LogP contribution in [0.3, 0.4) is 0 Å². The van der Waals surface area contributed by atoms with Gasteiger partial charge in [0.05, 0.1) is 20.8 Å². The summed E-state index contributed by atoms with van der Waals surface area (Å²) in [7, 11) is 0. The maximum atomic E-state index is 12.8. The molecule has 0 aliphatic heterocycles. The quantitative estimate of drug-likeness (QED) is 0.388. The predicted molar refractivity (Wildman–Crippen MR) is 115 cm³/mol. The van der Waals surface area contributed by atoms with Gasteiger partial charge in [0.2, 0.25) is 0 Å². The number of benzene rings is 3. The highest BCUT2D eigenvalue weighted by Gasteiger charge is 2.15. The molecule has 130 valence electrons. The van der Waals surface area contributed by atoms with Crippen LogP contribution in [-0.4, -0.2) is 10.9 Å². The van der Waals surface area contributed by atoms with Gasteiger partial charge < -0.3 is 5.32 Å². The van der Waals surface area contributed by atoms with E-state index in [1.54, 1.807) is 11.3 Å². The van der Waals surface area contributed by atoms with Gasteiger partial charge in [0.1, 0.15) is 5.01 Å². The normalized spacial score (nSPS) is 11.1. The second-order valence-electron chi connectivity index (χ2n) is 6.13. The molecule has 0 unspecified atom stereocenters. The van der Waals surface area contributed by atoms with Crippen LogP contribution in [0, 0.1) is 0 Å². The molecule has 0 radical (unpaired) electrons. The van der Waals surface area contributed by atoms with E-state index < -0.39 is 0 Å². The number of aromatic nitrogens is 1. The van der Waals surface area contributed by atoms with E-state index >= 15 is 0 Å². The molecule has 5 rings (SSSR count). The van der Waals surface area contributed by atoms with Gasteiger partial charge in [-0.15, -0.1) is 22.7 Å². The number of amides is 1. The van der Waals surface area contributed by atoms with Crippen LogP contribution in [0.5, 0.6) is 0 Å². The Labute approximate surface area is 163 Å². The molecule has 0 aliphatic rings. The Kier molecular flexibility index (Phi) is 3.96. The van der Waals surface area contributed by atoms with E-state index in [0.717, 1.165) is 36.6 Å². The van der Waals surface area contributed by atoms with E-state index in [1.165, 1.54) is 11.3 Å². The van der Waals surface area contributed by atoms with Crippen LogP contribution in [0.2, 0.25) is 0 Å². The van der Waals surface area contributed by atoms with Crippen LogP contribution in [0.15, 0.2) is 78.9 Å². The maximum Gasteiger partial charge on any atom is 0.265 e. The Morgan fingerprint density at radius 3 is 2.41 bits per heavy atom. The number of anilines is 1. The minimum atomic E-state index is -0.0928. The summed E-state index contributed by atoms with van der Waals surface area (Å²) in [4.78, 5) is 18.3. The fourth-order valence-electron chi connectivity index (χ4n) is 3.04. The van der Waals surface area contributed by atoms with Crippen molar-refractivity contribution in [3.63, 3.8) is 0 Å². The van der Waals surface area contributed by atoms with E-state index in [-0.39, 0.29) is 5.91 Å². The number of nitrogens with one attached hydrogen (secondary N) is 1. The second kappa shape index (κ2) is 6.61. The van der Waals surface area contributed by atoms with Crippen LogP contribution < -0.4 is 5.32 Å². The van der Waals surface area contributed by atoms with Crippen molar-refractivity contribution in [2.24, 2.45) is 0 Å². The maximum absolute atomic E-state index is 12.8. The molecule has 0 spiro atoms. The molecule has 5 heteroatoms. The highest BCUT2D eigenvalue weighted by Crippen LogP contribution is 2.35. The highest BCUT2D eigenvalue weighted by molar-refractivity contribution is 7.21. The molecular weight excluding hydrogens is 372 g/mol. The van der Waals surface area contributed by atoms with Gasteiger partial charge in [-0.25, -0.2) is 4.98 Å². The number of hydrogen-bond acceptors (Lipinski definition) is 4. The first-order valence-electron chi connectivity index (χ1n) is 8.53. The van der Waals surface area contributed by atoms with Gasteiger partial charge in [0.25, 0.3) is 5.91 Å². The lowest BCUT2D eigenvalue weighted by Crippen LogP contribution is -2.10. The van der Waals surface area contributed by atoms with E-state index in [9.17, 15) is 4.79 Å². The number of thiazole rings is 1. The monoisotopic (exact) mass is 386 g/mol. The molecule has 5 aromatic rings. The molecule has 0 bridgehead atoms. The molecule has 0 saturated carbocycles. The molecule has 0 fully saturated rings. The lowest BCUT2D eigenvalue weighted by atomic mass is 10.2. The number of fused-ring (bicyclic) bond motifs is 2. The fourth-order valence-corrected chi connectivity index (χ4v) is 5.01. The van der Waals surface area contributed by atoms with Gasteiger partial charge in [-0.05, 0) is 41.8 Å². The Balaban J connectivity index is 1.51. The van der Waals surface area contributed by atoms with Crippen molar-refractivity contribution < 1.29 is 4.79 Å². The molecule has 2 heterocycles. The number of para-hydroxylation sites is 2. The summed E-state index contributed by atoms with van der Waals surface area (Å²) in [6.07, 6.45) is 0. The highest BCUT2D eigenvalue weighted by atomic mass is 32.1. The van der Waals surface area contributed by atoms with E-state index in [2.05, 4.69) is 11.4 Å². The Morgan fingerprint density at radius 1 is 0.815 bits per heavy atom. The Morgan fingerprint density at radius 2 is 1.56 bits per heavy atom. The molecule has 27 heavy (non-hydrogen) atoms.